The van der Waals surface area contributed by atoms with Crippen LogP contribution in [0.5, 0.6) is 0 Å². The van der Waals surface area contributed by atoms with Gasteiger partial charge >= 0.3 is 0 Å². The van der Waals surface area contributed by atoms with Gasteiger partial charge in [-0.1, -0.05) is 66.7 Å². The highest BCUT2D eigenvalue weighted by Gasteiger charge is 2.34. The van der Waals surface area contributed by atoms with Crippen molar-refractivity contribution in [1.82, 2.24) is 4.90 Å². The Balaban J connectivity index is 1.95. The van der Waals surface area contributed by atoms with E-state index in [1.165, 1.54) is 11.3 Å². The number of thiophene rings is 1. The number of rotatable bonds is 8. The second-order valence-electron chi connectivity index (χ2n) is 6.16. The van der Waals surface area contributed by atoms with Crippen molar-refractivity contribution in [2.75, 3.05) is 0 Å². The maximum absolute atomic E-state index is 13.4. The van der Waals surface area contributed by atoms with E-state index in [1.807, 2.05) is 83.1 Å². The molecule has 2 nitrogen and oxygen atoms in total. The average Bonchev–Trinajstić information content (AvgIpc) is 3.17. The van der Waals surface area contributed by atoms with Crippen LogP contribution in [0.25, 0.3) is 0 Å². The third kappa shape index (κ3) is 4.75. The van der Waals surface area contributed by atoms with Crippen molar-refractivity contribution in [3.8, 4) is 0 Å². The molecule has 1 heterocycles. The Hall–Kier alpha value is -2.08. The van der Waals surface area contributed by atoms with Gasteiger partial charge in [0.2, 0.25) is 0 Å². The summed E-state index contributed by atoms with van der Waals surface area (Å²) in [5, 5.41) is 12.2. The Kier molecular flexibility index (Phi) is 6.50. The van der Waals surface area contributed by atoms with E-state index in [2.05, 4.69) is 0 Å². The Labute approximate surface area is 156 Å². The highest BCUT2D eigenvalue weighted by atomic mass is 32.1. The second-order valence-corrected chi connectivity index (χ2v) is 7.14. The smallest absolute Gasteiger partial charge is 0.265 e. The van der Waals surface area contributed by atoms with Crippen molar-refractivity contribution in [2.45, 2.75) is 31.7 Å². The van der Waals surface area contributed by atoms with Gasteiger partial charge in [-0.15, -0.1) is 11.3 Å². The van der Waals surface area contributed by atoms with Crippen molar-refractivity contribution < 1.29 is 13.9 Å². The molecule has 0 unspecified atom stereocenters. The average molecular weight is 373 g/mol. The fraction of sp³-hybridized carbons (Fsp3) is 0.238. The van der Waals surface area contributed by atoms with E-state index < -0.39 is 18.6 Å². The summed E-state index contributed by atoms with van der Waals surface area (Å²) >= 11 is 1.39. The maximum Gasteiger partial charge on any atom is 0.265 e. The van der Waals surface area contributed by atoms with Crippen LogP contribution in [0.1, 0.15) is 22.0 Å². The first-order valence-corrected chi connectivity index (χ1v) is 9.34. The summed E-state index contributed by atoms with van der Waals surface area (Å²) in [5.74, 6) is 0. The Morgan fingerprint density at radius 3 is 1.77 bits per heavy atom. The van der Waals surface area contributed by atoms with Crippen LogP contribution >= 0.6 is 11.3 Å². The van der Waals surface area contributed by atoms with E-state index in [1.54, 1.807) is 0 Å². The predicted octanol–water partition coefficient (Wildman–Crippen LogP) is 5.12. The summed E-state index contributed by atoms with van der Waals surface area (Å²) in [7, 11) is 0. The quantitative estimate of drug-likeness (QED) is 0.593. The van der Waals surface area contributed by atoms with Gasteiger partial charge in [0, 0.05) is 18.0 Å². The van der Waals surface area contributed by atoms with E-state index >= 15 is 0 Å². The van der Waals surface area contributed by atoms with Crippen LogP contribution in [0, 0.1) is 0 Å². The molecule has 0 radical (unpaired) electrons. The van der Waals surface area contributed by atoms with Crippen molar-refractivity contribution in [3.05, 3.63) is 94.2 Å². The molecule has 0 bridgehead atoms. The van der Waals surface area contributed by atoms with Gasteiger partial charge in [0.25, 0.3) is 6.43 Å². The molecule has 0 fully saturated rings. The first kappa shape index (κ1) is 18.7. The Morgan fingerprint density at radius 1 is 0.808 bits per heavy atom. The molecule has 1 N–H and O–H groups in total. The molecular weight excluding hydrogens is 352 g/mol. The summed E-state index contributed by atoms with van der Waals surface area (Å²) in [6, 6.07) is 22.3. The van der Waals surface area contributed by atoms with E-state index in [9.17, 15) is 13.9 Å². The summed E-state index contributed by atoms with van der Waals surface area (Å²) in [6.07, 6.45) is -4.56. The molecule has 2 atom stereocenters. The largest absolute Gasteiger partial charge is 0.385 e. The highest BCUT2D eigenvalue weighted by molar-refractivity contribution is 7.10. The minimum Gasteiger partial charge on any atom is -0.385 e. The van der Waals surface area contributed by atoms with Crippen LogP contribution in [0.15, 0.2) is 78.2 Å². The second kappa shape index (κ2) is 9.03. The molecule has 2 aromatic carbocycles. The molecule has 0 aliphatic carbocycles. The molecule has 3 rings (SSSR count). The Morgan fingerprint density at radius 2 is 1.35 bits per heavy atom. The number of hydrogen-bond acceptors (Lipinski definition) is 3. The van der Waals surface area contributed by atoms with Crippen molar-refractivity contribution in [2.24, 2.45) is 0 Å². The lowest BCUT2D eigenvalue weighted by atomic mass is 10.0. The first-order valence-electron chi connectivity index (χ1n) is 8.46. The van der Waals surface area contributed by atoms with Crippen LogP contribution in [-0.2, 0) is 13.1 Å². The minimum absolute atomic E-state index is 0.474. The van der Waals surface area contributed by atoms with Crippen molar-refractivity contribution in [3.63, 3.8) is 0 Å². The number of halogens is 2. The number of nitrogens with zero attached hydrogens (tertiary/aromatic N) is 1. The van der Waals surface area contributed by atoms with Gasteiger partial charge in [-0.2, -0.15) is 0 Å². The molecule has 5 heteroatoms. The lowest BCUT2D eigenvalue weighted by Gasteiger charge is -2.34. The Bertz CT molecular complexity index is 724. The third-order valence-electron chi connectivity index (χ3n) is 4.27. The van der Waals surface area contributed by atoms with E-state index in [0.717, 1.165) is 16.0 Å². The molecule has 1 aromatic heterocycles. The number of benzene rings is 2. The molecule has 0 saturated heterocycles. The minimum atomic E-state index is -2.81. The molecule has 0 saturated carbocycles. The van der Waals surface area contributed by atoms with Crippen molar-refractivity contribution in [1.29, 1.82) is 0 Å². The van der Waals surface area contributed by atoms with Gasteiger partial charge in [-0.05, 0) is 22.6 Å². The lowest BCUT2D eigenvalue weighted by molar-refractivity contribution is -0.0617. The topological polar surface area (TPSA) is 23.5 Å². The van der Waals surface area contributed by atoms with Gasteiger partial charge < -0.3 is 5.11 Å². The molecule has 136 valence electrons. The number of alkyl halides is 2. The SMILES string of the molecule is O[C@H](C(F)F)[C@H](c1cccs1)N(Cc1ccccc1)Cc1ccccc1. The molecular formula is C21H21F2NOS. The summed E-state index contributed by atoms with van der Waals surface area (Å²) in [6.45, 7) is 0.949. The zero-order chi connectivity index (χ0) is 18.4. The number of aliphatic hydroxyl groups excluding tert-OH is 1. The standard InChI is InChI=1S/C21H21F2NOS/c22-21(23)20(25)19(18-12-7-13-26-18)24(14-16-8-3-1-4-9-16)15-17-10-5-2-6-11-17/h1-13,19-21,25H,14-15H2/t19-,20-/m0/s1. The van der Waals surface area contributed by atoms with Crippen LogP contribution in [0.3, 0.4) is 0 Å². The summed E-state index contributed by atoms with van der Waals surface area (Å²) < 4.78 is 26.9. The zero-order valence-electron chi connectivity index (χ0n) is 14.2. The molecule has 3 aromatic rings. The third-order valence-corrected chi connectivity index (χ3v) is 5.21. The van der Waals surface area contributed by atoms with Crippen molar-refractivity contribution >= 4 is 11.3 Å². The van der Waals surface area contributed by atoms with Crippen LogP contribution in [-0.4, -0.2) is 22.5 Å². The monoisotopic (exact) mass is 373 g/mol. The fourth-order valence-electron chi connectivity index (χ4n) is 3.05. The van der Waals surface area contributed by atoms with Gasteiger partial charge in [-0.3, -0.25) is 4.90 Å². The van der Waals surface area contributed by atoms with E-state index in [0.29, 0.717) is 13.1 Å². The van der Waals surface area contributed by atoms with Crippen LogP contribution in [0.4, 0.5) is 8.78 Å². The number of aliphatic hydroxyl groups is 1. The van der Waals surface area contributed by atoms with Gasteiger partial charge in [0.15, 0.2) is 0 Å². The summed E-state index contributed by atoms with van der Waals surface area (Å²) in [5.41, 5.74) is 2.04. The maximum atomic E-state index is 13.4. The van der Waals surface area contributed by atoms with E-state index in [4.69, 9.17) is 0 Å². The fourth-order valence-corrected chi connectivity index (χ4v) is 3.95. The van der Waals surface area contributed by atoms with Crippen LogP contribution in [0.2, 0.25) is 0 Å². The van der Waals surface area contributed by atoms with Gasteiger partial charge in [0.1, 0.15) is 6.10 Å². The normalized spacial score (nSPS) is 13.9. The molecule has 0 spiro atoms. The predicted molar refractivity (Wildman–Crippen MR) is 101 cm³/mol. The lowest BCUT2D eigenvalue weighted by Crippen LogP contribution is -2.39. The molecule has 0 aliphatic rings. The highest BCUT2D eigenvalue weighted by Crippen LogP contribution is 2.33. The number of hydrogen-bond donors (Lipinski definition) is 1. The van der Waals surface area contributed by atoms with Gasteiger partial charge in [-0.25, -0.2) is 8.78 Å². The summed E-state index contributed by atoms with van der Waals surface area (Å²) in [4.78, 5) is 2.66. The van der Waals surface area contributed by atoms with E-state index in [-0.39, 0.29) is 0 Å². The molecule has 0 amide bonds. The molecule has 0 aliphatic heterocycles. The van der Waals surface area contributed by atoms with Crippen LogP contribution < -0.4 is 0 Å². The van der Waals surface area contributed by atoms with Gasteiger partial charge in [0.05, 0.1) is 6.04 Å². The molecule has 26 heavy (non-hydrogen) atoms. The first-order chi connectivity index (χ1) is 12.6. The zero-order valence-corrected chi connectivity index (χ0v) is 15.0.